The molecule has 6 heteroatoms. The Bertz CT molecular complexity index is 794. The van der Waals surface area contributed by atoms with Crippen molar-refractivity contribution in [2.75, 3.05) is 13.7 Å². The molecule has 1 atom stereocenters. The van der Waals surface area contributed by atoms with Crippen LogP contribution in [0.25, 0.3) is 0 Å². The Balaban J connectivity index is 0.00000225. The van der Waals surface area contributed by atoms with Gasteiger partial charge in [0.25, 0.3) is 0 Å². The van der Waals surface area contributed by atoms with Gasteiger partial charge in [0.15, 0.2) is 11.5 Å². The molecule has 1 aliphatic carbocycles. The van der Waals surface area contributed by atoms with Gasteiger partial charge >= 0.3 is 0 Å². The molecule has 4 rings (SSSR count). The van der Waals surface area contributed by atoms with Crippen LogP contribution < -0.4 is 9.47 Å². The molecule has 1 amide bonds. The van der Waals surface area contributed by atoms with Crippen LogP contribution in [-0.2, 0) is 11.3 Å². The van der Waals surface area contributed by atoms with Gasteiger partial charge in [-0.05, 0) is 61.1 Å². The third-order valence-electron chi connectivity index (χ3n) is 5.59. The van der Waals surface area contributed by atoms with Crippen molar-refractivity contribution in [1.82, 2.24) is 9.88 Å². The molecular weight excluding hydrogens is 376 g/mol. The number of halogens is 1. The minimum Gasteiger partial charge on any atom is -0.493 e. The predicted octanol–water partition coefficient (Wildman–Crippen LogP) is 4.35. The largest absolute Gasteiger partial charge is 0.493 e. The Morgan fingerprint density at radius 3 is 2.57 bits per heavy atom. The van der Waals surface area contributed by atoms with Crippen molar-refractivity contribution < 1.29 is 14.3 Å². The third-order valence-corrected chi connectivity index (χ3v) is 5.59. The number of carbonyl (C=O) groups is 1. The average Bonchev–Trinajstić information content (AvgIpc) is 3.33. The van der Waals surface area contributed by atoms with Crippen LogP contribution in [0.15, 0.2) is 42.7 Å². The highest BCUT2D eigenvalue weighted by atomic mass is 35.5. The molecule has 1 saturated carbocycles. The van der Waals surface area contributed by atoms with Gasteiger partial charge in [-0.25, -0.2) is 0 Å². The van der Waals surface area contributed by atoms with Gasteiger partial charge in [-0.15, -0.1) is 12.4 Å². The molecule has 2 heterocycles. The topological polar surface area (TPSA) is 51.7 Å². The van der Waals surface area contributed by atoms with Gasteiger partial charge in [0.05, 0.1) is 13.2 Å². The van der Waals surface area contributed by atoms with Gasteiger partial charge in [-0.1, -0.05) is 6.07 Å². The smallest absolute Gasteiger partial charge is 0.223 e. The minimum absolute atomic E-state index is 0. The van der Waals surface area contributed by atoms with E-state index in [4.69, 9.17) is 9.47 Å². The van der Waals surface area contributed by atoms with Gasteiger partial charge in [0.2, 0.25) is 5.91 Å². The molecule has 1 aromatic carbocycles. The Morgan fingerprint density at radius 1 is 1.11 bits per heavy atom. The van der Waals surface area contributed by atoms with Crippen LogP contribution in [0.5, 0.6) is 11.5 Å². The summed E-state index contributed by atoms with van der Waals surface area (Å²) in [5.41, 5.74) is 2.26. The van der Waals surface area contributed by atoms with E-state index in [2.05, 4.69) is 17.1 Å². The number of nitrogens with zero attached hydrogens (tertiary/aromatic N) is 2. The second-order valence-corrected chi connectivity index (χ2v) is 7.47. The molecule has 0 N–H and O–H groups in total. The summed E-state index contributed by atoms with van der Waals surface area (Å²) < 4.78 is 11.7. The highest BCUT2D eigenvalue weighted by Crippen LogP contribution is 2.37. The molecule has 1 aliphatic heterocycles. The first-order chi connectivity index (χ1) is 13.2. The lowest BCUT2D eigenvalue weighted by Crippen LogP contribution is -2.24. The number of hydrogen-bond acceptors (Lipinski definition) is 4. The SMILES string of the molecule is COc1ccc(C2CC(=O)N(Cc3ccncc3)C2)cc1OC1CCCC1.Cl. The number of methoxy groups -OCH3 is 1. The summed E-state index contributed by atoms with van der Waals surface area (Å²) in [6.45, 7) is 1.37. The molecule has 2 fully saturated rings. The molecule has 2 aliphatic rings. The van der Waals surface area contributed by atoms with Crippen LogP contribution in [0.2, 0.25) is 0 Å². The molecule has 1 unspecified atom stereocenters. The van der Waals surface area contributed by atoms with E-state index in [1.807, 2.05) is 23.1 Å². The zero-order chi connectivity index (χ0) is 18.6. The number of amides is 1. The number of hydrogen-bond donors (Lipinski definition) is 0. The normalized spacial score (nSPS) is 19.5. The fourth-order valence-corrected chi connectivity index (χ4v) is 4.08. The fourth-order valence-electron chi connectivity index (χ4n) is 4.08. The number of pyridine rings is 1. The maximum absolute atomic E-state index is 12.5. The number of carbonyl (C=O) groups excluding carboxylic acids is 1. The third kappa shape index (κ3) is 4.58. The Hall–Kier alpha value is -2.27. The van der Waals surface area contributed by atoms with Crippen LogP contribution in [0.3, 0.4) is 0 Å². The molecule has 28 heavy (non-hydrogen) atoms. The Labute approximate surface area is 172 Å². The van der Waals surface area contributed by atoms with Gasteiger partial charge in [-0.2, -0.15) is 0 Å². The summed E-state index contributed by atoms with van der Waals surface area (Å²) in [4.78, 5) is 18.5. The molecule has 0 radical (unpaired) electrons. The maximum Gasteiger partial charge on any atom is 0.223 e. The summed E-state index contributed by atoms with van der Waals surface area (Å²) in [5, 5.41) is 0. The molecular formula is C22H27ClN2O3. The number of ether oxygens (including phenoxy) is 2. The van der Waals surface area contributed by atoms with Crippen molar-refractivity contribution in [2.24, 2.45) is 0 Å². The van der Waals surface area contributed by atoms with Gasteiger partial charge in [-0.3, -0.25) is 9.78 Å². The molecule has 150 valence electrons. The van der Waals surface area contributed by atoms with Crippen molar-refractivity contribution in [1.29, 1.82) is 0 Å². The molecule has 1 saturated heterocycles. The maximum atomic E-state index is 12.5. The Kier molecular flexibility index (Phi) is 6.79. The molecule has 1 aromatic heterocycles. The summed E-state index contributed by atoms with van der Waals surface area (Å²) in [7, 11) is 1.67. The highest BCUT2D eigenvalue weighted by molar-refractivity contribution is 5.85. The monoisotopic (exact) mass is 402 g/mol. The second-order valence-electron chi connectivity index (χ2n) is 7.47. The first-order valence-electron chi connectivity index (χ1n) is 9.74. The van der Waals surface area contributed by atoms with Gasteiger partial charge < -0.3 is 14.4 Å². The predicted molar refractivity (Wildman–Crippen MR) is 110 cm³/mol. The Morgan fingerprint density at radius 2 is 1.86 bits per heavy atom. The average molecular weight is 403 g/mol. The van der Waals surface area contributed by atoms with Crippen LogP contribution in [0, 0.1) is 0 Å². The van der Waals surface area contributed by atoms with Crippen molar-refractivity contribution in [3.63, 3.8) is 0 Å². The quantitative estimate of drug-likeness (QED) is 0.720. The molecule has 0 bridgehead atoms. The van der Waals surface area contributed by atoms with Gasteiger partial charge in [0.1, 0.15) is 0 Å². The summed E-state index contributed by atoms with van der Waals surface area (Å²) in [5.74, 6) is 1.97. The van der Waals surface area contributed by atoms with E-state index in [0.29, 0.717) is 13.0 Å². The summed E-state index contributed by atoms with van der Waals surface area (Å²) >= 11 is 0. The van der Waals surface area contributed by atoms with E-state index < -0.39 is 0 Å². The second kappa shape index (κ2) is 9.28. The zero-order valence-corrected chi connectivity index (χ0v) is 17.0. The van der Waals surface area contributed by atoms with Crippen molar-refractivity contribution in [2.45, 2.75) is 50.7 Å². The van der Waals surface area contributed by atoms with E-state index in [9.17, 15) is 4.79 Å². The molecule has 0 spiro atoms. The summed E-state index contributed by atoms with van der Waals surface area (Å²) in [6, 6.07) is 10.0. The highest BCUT2D eigenvalue weighted by Gasteiger charge is 2.31. The van der Waals surface area contributed by atoms with Crippen molar-refractivity contribution >= 4 is 18.3 Å². The minimum atomic E-state index is 0. The lowest BCUT2D eigenvalue weighted by Gasteiger charge is -2.19. The van der Waals surface area contributed by atoms with Crippen LogP contribution in [-0.4, -0.2) is 35.5 Å². The van der Waals surface area contributed by atoms with E-state index >= 15 is 0 Å². The number of likely N-dealkylation sites (tertiary alicyclic amines) is 1. The molecule has 2 aromatic rings. The fraction of sp³-hybridized carbons (Fsp3) is 0.455. The van der Waals surface area contributed by atoms with Gasteiger partial charge in [0, 0.05) is 37.8 Å². The lowest BCUT2D eigenvalue weighted by molar-refractivity contribution is -0.128. The number of aromatic nitrogens is 1. The standard InChI is InChI=1S/C22H26N2O3.ClH/c1-26-20-7-6-17(12-21(20)27-19-4-2-3-5-19)18-13-22(25)24(15-18)14-16-8-10-23-11-9-16;/h6-12,18-19H,2-5,13-15H2,1H3;1H. The number of benzene rings is 1. The molecule has 5 nitrogen and oxygen atoms in total. The van der Waals surface area contributed by atoms with E-state index in [0.717, 1.165) is 42.0 Å². The lowest BCUT2D eigenvalue weighted by atomic mass is 9.98. The van der Waals surface area contributed by atoms with Crippen molar-refractivity contribution in [3.8, 4) is 11.5 Å². The van der Waals surface area contributed by atoms with Crippen LogP contribution in [0.1, 0.15) is 49.1 Å². The van der Waals surface area contributed by atoms with E-state index in [1.54, 1.807) is 19.5 Å². The first-order valence-corrected chi connectivity index (χ1v) is 9.74. The van der Waals surface area contributed by atoms with E-state index in [-0.39, 0.29) is 30.3 Å². The van der Waals surface area contributed by atoms with E-state index in [1.165, 1.54) is 12.8 Å². The first kappa shape index (κ1) is 20.5. The van der Waals surface area contributed by atoms with Crippen LogP contribution in [0.4, 0.5) is 0 Å². The number of rotatable bonds is 6. The zero-order valence-electron chi connectivity index (χ0n) is 16.2. The van der Waals surface area contributed by atoms with Crippen LogP contribution >= 0.6 is 12.4 Å². The van der Waals surface area contributed by atoms with Crippen molar-refractivity contribution in [3.05, 3.63) is 53.9 Å². The summed E-state index contributed by atoms with van der Waals surface area (Å²) in [6.07, 6.45) is 9.03.